The summed E-state index contributed by atoms with van der Waals surface area (Å²) in [4.78, 5) is 15.4. The number of amides is 1. The van der Waals surface area contributed by atoms with Crippen LogP contribution in [-0.2, 0) is 6.42 Å². The van der Waals surface area contributed by atoms with Gasteiger partial charge in [-0.3, -0.25) is 4.79 Å². The summed E-state index contributed by atoms with van der Waals surface area (Å²) in [5.41, 5.74) is 9.83. The molecule has 0 saturated carbocycles. The van der Waals surface area contributed by atoms with Gasteiger partial charge in [-0.25, -0.2) is 0 Å². The van der Waals surface area contributed by atoms with E-state index in [1.165, 1.54) is 16.9 Å². The summed E-state index contributed by atoms with van der Waals surface area (Å²) >= 11 is 1.51. The van der Waals surface area contributed by atoms with Gasteiger partial charge in [-0.15, -0.1) is 11.3 Å². The maximum absolute atomic E-state index is 12.6. The first kappa shape index (κ1) is 12.2. The Morgan fingerprint density at radius 1 is 1.37 bits per heavy atom. The SMILES string of the molecule is Cc1ccsc1C(=O)N1CCCc2cc(N)ccc21. The molecule has 0 saturated heterocycles. The molecule has 0 unspecified atom stereocenters. The number of carbonyl (C=O) groups is 1. The van der Waals surface area contributed by atoms with Crippen LogP contribution in [0.15, 0.2) is 29.6 Å². The van der Waals surface area contributed by atoms with Gasteiger partial charge in [-0.1, -0.05) is 0 Å². The average Bonchev–Trinajstić information content (AvgIpc) is 2.83. The number of nitrogen functional groups attached to an aromatic ring is 1. The van der Waals surface area contributed by atoms with Gasteiger partial charge in [0.25, 0.3) is 5.91 Å². The fourth-order valence-electron chi connectivity index (χ4n) is 2.54. The molecule has 0 atom stereocenters. The molecule has 2 N–H and O–H groups in total. The summed E-state index contributed by atoms with van der Waals surface area (Å²) in [6.45, 7) is 2.77. The Balaban J connectivity index is 2.00. The highest BCUT2D eigenvalue weighted by Crippen LogP contribution is 2.31. The van der Waals surface area contributed by atoms with Gasteiger partial charge in [0.2, 0.25) is 0 Å². The largest absolute Gasteiger partial charge is 0.399 e. The molecule has 0 spiro atoms. The van der Waals surface area contributed by atoms with Gasteiger partial charge in [0.15, 0.2) is 0 Å². The van der Waals surface area contributed by atoms with Crippen molar-refractivity contribution in [2.75, 3.05) is 17.2 Å². The van der Waals surface area contributed by atoms with E-state index >= 15 is 0 Å². The molecule has 1 aromatic carbocycles. The second kappa shape index (κ2) is 4.70. The Bertz CT molecular complexity index is 633. The van der Waals surface area contributed by atoms with Crippen molar-refractivity contribution in [1.29, 1.82) is 0 Å². The summed E-state index contributed by atoms with van der Waals surface area (Å²) in [7, 11) is 0. The molecule has 0 bridgehead atoms. The molecule has 0 aliphatic carbocycles. The van der Waals surface area contributed by atoms with E-state index in [0.717, 1.165) is 41.2 Å². The molecule has 19 heavy (non-hydrogen) atoms. The molecule has 1 aliphatic heterocycles. The first-order valence-electron chi connectivity index (χ1n) is 6.41. The molecule has 0 radical (unpaired) electrons. The Hall–Kier alpha value is -1.81. The number of thiophene rings is 1. The number of nitrogens with two attached hydrogens (primary N) is 1. The zero-order valence-corrected chi connectivity index (χ0v) is 11.7. The molecule has 4 heteroatoms. The van der Waals surface area contributed by atoms with Crippen LogP contribution in [0.1, 0.15) is 27.2 Å². The minimum Gasteiger partial charge on any atom is -0.399 e. The highest BCUT2D eigenvalue weighted by atomic mass is 32.1. The second-order valence-electron chi connectivity index (χ2n) is 4.88. The fourth-order valence-corrected chi connectivity index (χ4v) is 3.42. The molecule has 3 nitrogen and oxygen atoms in total. The van der Waals surface area contributed by atoms with Gasteiger partial charge >= 0.3 is 0 Å². The van der Waals surface area contributed by atoms with Crippen molar-refractivity contribution in [2.45, 2.75) is 19.8 Å². The minimum atomic E-state index is 0.109. The highest BCUT2D eigenvalue weighted by molar-refractivity contribution is 7.12. The van der Waals surface area contributed by atoms with Crippen LogP contribution < -0.4 is 10.6 Å². The molecule has 3 rings (SSSR count). The number of hydrogen-bond acceptors (Lipinski definition) is 3. The van der Waals surface area contributed by atoms with E-state index in [1.807, 2.05) is 41.5 Å². The third-order valence-corrected chi connectivity index (χ3v) is 4.53. The van der Waals surface area contributed by atoms with E-state index in [4.69, 9.17) is 5.73 Å². The number of nitrogens with zero attached hydrogens (tertiary/aromatic N) is 1. The van der Waals surface area contributed by atoms with Crippen LogP contribution in [0.4, 0.5) is 11.4 Å². The van der Waals surface area contributed by atoms with E-state index in [0.29, 0.717) is 0 Å². The van der Waals surface area contributed by atoms with Gasteiger partial charge in [-0.2, -0.15) is 0 Å². The van der Waals surface area contributed by atoms with Crippen molar-refractivity contribution in [1.82, 2.24) is 0 Å². The molecule has 2 heterocycles. The van der Waals surface area contributed by atoms with Gasteiger partial charge in [0.05, 0.1) is 4.88 Å². The number of hydrogen-bond donors (Lipinski definition) is 1. The lowest BCUT2D eigenvalue weighted by atomic mass is 10.0. The van der Waals surface area contributed by atoms with Gasteiger partial charge < -0.3 is 10.6 Å². The van der Waals surface area contributed by atoms with Crippen LogP contribution in [0.3, 0.4) is 0 Å². The van der Waals surface area contributed by atoms with Crippen molar-refractivity contribution in [2.24, 2.45) is 0 Å². The van der Waals surface area contributed by atoms with Crippen molar-refractivity contribution in [3.63, 3.8) is 0 Å². The topological polar surface area (TPSA) is 46.3 Å². The zero-order chi connectivity index (χ0) is 13.4. The molecule has 2 aromatic rings. The first-order valence-corrected chi connectivity index (χ1v) is 7.29. The smallest absolute Gasteiger partial charge is 0.268 e. The molecule has 1 aliphatic rings. The third-order valence-electron chi connectivity index (χ3n) is 3.52. The molecule has 1 amide bonds. The first-order chi connectivity index (χ1) is 9.16. The van der Waals surface area contributed by atoms with E-state index in [1.54, 1.807) is 0 Å². The molecular weight excluding hydrogens is 256 g/mol. The number of rotatable bonds is 1. The normalized spacial score (nSPS) is 14.3. The van der Waals surface area contributed by atoms with Crippen LogP contribution in [0.5, 0.6) is 0 Å². The average molecular weight is 272 g/mol. The number of anilines is 2. The molecule has 0 fully saturated rings. The quantitative estimate of drug-likeness (QED) is 0.810. The lowest BCUT2D eigenvalue weighted by Crippen LogP contribution is -2.35. The van der Waals surface area contributed by atoms with Crippen molar-refractivity contribution >= 4 is 28.6 Å². The number of carbonyl (C=O) groups excluding carboxylic acids is 1. The van der Waals surface area contributed by atoms with E-state index < -0.39 is 0 Å². The van der Waals surface area contributed by atoms with Gasteiger partial charge in [-0.05, 0) is 60.5 Å². The summed E-state index contributed by atoms with van der Waals surface area (Å²) in [6.07, 6.45) is 1.99. The molecule has 98 valence electrons. The van der Waals surface area contributed by atoms with Crippen LogP contribution in [0.25, 0.3) is 0 Å². The standard InChI is InChI=1S/C15H16N2OS/c1-10-6-8-19-14(10)15(18)17-7-2-3-11-9-12(16)4-5-13(11)17/h4-6,8-9H,2-3,7,16H2,1H3. The maximum Gasteiger partial charge on any atom is 0.268 e. The van der Waals surface area contributed by atoms with E-state index in [-0.39, 0.29) is 5.91 Å². The minimum absolute atomic E-state index is 0.109. The Morgan fingerprint density at radius 2 is 2.21 bits per heavy atom. The number of fused-ring (bicyclic) bond motifs is 1. The second-order valence-corrected chi connectivity index (χ2v) is 5.80. The van der Waals surface area contributed by atoms with Gasteiger partial charge in [0.1, 0.15) is 0 Å². The summed E-state index contributed by atoms with van der Waals surface area (Å²) < 4.78 is 0. The lowest BCUT2D eigenvalue weighted by molar-refractivity contribution is 0.0988. The molecule has 1 aromatic heterocycles. The Morgan fingerprint density at radius 3 is 2.95 bits per heavy atom. The van der Waals surface area contributed by atoms with Crippen molar-refractivity contribution < 1.29 is 4.79 Å². The van der Waals surface area contributed by atoms with Gasteiger partial charge in [0, 0.05) is 17.9 Å². The fraction of sp³-hybridized carbons (Fsp3) is 0.267. The molecular formula is C15H16N2OS. The van der Waals surface area contributed by atoms with Crippen LogP contribution in [0, 0.1) is 6.92 Å². The third kappa shape index (κ3) is 2.12. The predicted molar refractivity (Wildman–Crippen MR) is 79.9 cm³/mol. The van der Waals surface area contributed by atoms with E-state index in [9.17, 15) is 4.79 Å². The predicted octanol–water partition coefficient (Wildman–Crippen LogP) is 3.23. The summed E-state index contributed by atoms with van der Waals surface area (Å²) in [5.74, 6) is 0.109. The number of aryl methyl sites for hydroxylation is 2. The van der Waals surface area contributed by atoms with Crippen LogP contribution >= 0.6 is 11.3 Å². The zero-order valence-electron chi connectivity index (χ0n) is 10.8. The highest BCUT2D eigenvalue weighted by Gasteiger charge is 2.25. The van der Waals surface area contributed by atoms with Crippen molar-refractivity contribution in [3.05, 3.63) is 45.6 Å². The Kier molecular flexibility index (Phi) is 3.03. The van der Waals surface area contributed by atoms with E-state index in [2.05, 4.69) is 0 Å². The summed E-state index contributed by atoms with van der Waals surface area (Å²) in [6, 6.07) is 7.80. The Labute approximate surface area is 116 Å². The monoisotopic (exact) mass is 272 g/mol. The lowest BCUT2D eigenvalue weighted by Gasteiger charge is -2.29. The van der Waals surface area contributed by atoms with Crippen molar-refractivity contribution in [3.8, 4) is 0 Å². The van der Waals surface area contributed by atoms with Crippen LogP contribution in [0.2, 0.25) is 0 Å². The number of benzene rings is 1. The maximum atomic E-state index is 12.6. The summed E-state index contributed by atoms with van der Waals surface area (Å²) in [5, 5.41) is 1.97. The van der Waals surface area contributed by atoms with Crippen LogP contribution in [-0.4, -0.2) is 12.5 Å².